The molecule has 1 atom stereocenters. The van der Waals surface area contributed by atoms with Crippen LogP contribution in [0.25, 0.3) is 10.8 Å². The first-order chi connectivity index (χ1) is 22.5. The number of methoxy groups -OCH3 is 1. The molecule has 0 aromatic heterocycles. The maximum atomic E-state index is 14.1. The summed E-state index contributed by atoms with van der Waals surface area (Å²) in [5, 5.41) is 15.5. The first-order valence-corrected chi connectivity index (χ1v) is 15.5. The lowest BCUT2D eigenvalue weighted by atomic mass is 9.87. The summed E-state index contributed by atoms with van der Waals surface area (Å²) in [4.78, 5) is 28.9. The average molecular weight is 615 g/mol. The molecule has 1 unspecified atom stereocenters. The summed E-state index contributed by atoms with van der Waals surface area (Å²) in [5.74, 6) is 1.52. The van der Waals surface area contributed by atoms with Crippen molar-refractivity contribution in [2.75, 3.05) is 26.8 Å². The minimum atomic E-state index is -0.403. The number of phenols is 1. The number of rotatable bonds is 3. The van der Waals surface area contributed by atoms with Gasteiger partial charge in [-0.05, 0) is 88.3 Å². The van der Waals surface area contributed by atoms with Gasteiger partial charge in [0.05, 0.1) is 31.7 Å². The van der Waals surface area contributed by atoms with Gasteiger partial charge in [0.2, 0.25) is 5.91 Å². The smallest absolute Gasteiger partial charge is 0.255 e. The van der Waals surface area contributed by atoms with Crippen molar-refractivity contribution < 1.29 is 28.9 Å². The lowest BCUT2D eigenvalue weighted by Crippen LogP contribution is -2.41. The SMILES string of the molecule is COc1cc2c3cc1Oc1ccc(O)c(c1)C(=O)NCCCOc1cccc(c1)C2N(C(=O)Cc1ccc2ccccc2c1)CC3. The third kappa shape index (κ3) is 5.81. The van der Waals surface area contributed by atoms with E-state index < -0.39 is 5.91 Å². The van der Waals surface area contributed by atoms with Gasteiger partial charge in [0.1, 0.15) is 17.2 Å². The van der Waals surface area contributed by atoms with Gasteiger partial charge in [-0.1, -0.05) is 54.6 Å². The normalized spacial score (nSPS) is 16.1. The molecule has 0 radical (unpaired) electrons. The highest BCUT2D eigenvalue weighted by atomic mass is 16.5. The first-order valence-electron chi connectivity index (χ1n) is 15.5. The minimum Gasteiger partial charge on any atom is -0.507 e. The molecule has 3 heterocycles. The minimum absolute atomic E-state index is 0.0334. The summed E-state index contributed by atoms with van der Waals surface area (Å²) in [7, 11) is 1.57. The van der Waals surface area contributed by atoms with Crippen LogP contribution < -0.4 is 19.5 Å². The van der Waals surface area contributed by atoms with Crippen molar-refractivity contribution in [3.05, 3.63) is 125 Å². The molecule has 46 heavy (non-hydrogen) atoms. The molecule has 8 bridgehead atoms. The quantitative estimate of drug-likeness (QED) is 0.239. The maximum Gasteiger partial charge on any atom is 0.255 e. The molecule has 0 saturated carbocycles. The Hall–Kier alpha value is -5.50. The Morgan fingerprint density at radius 3 is 2.70 bits per heavy atom. The van der Waals surface area contributed by atoms with Gasteiger partial charge >= 0.3 is 0 Å². The number of nitrogens with zero attached hydrogens (tertiary/aromatic N) is 1. The van der Waals surface area contributed by atoms with Crippen LogP contribution in [-0.2, 0) is 17.6 Å². The molecule has 8 nitrogen and oxygen atoms in total. The molecule has 5 aromatic carbocycles. The zero-order valence-corrected chi connectivity index (χ0v) is 25.5. The second-order valence-corrected chi connectivity index (χ2v) is 11.6. The topological polar surface area (TPSA) is 97.3 Å². The van der Waals surface area contributed by atoms with Crippen molar-refractivity contribution in [2.45, 2.75) is 25.3 Å². The number of carbonyl (C=O) groups is 2. The number of hydrogen-bond donors (Lipinski definition) is 2. The number of phenolic OH excluding ortho intramolecular Hbond substituents is 1. The van der Waals surface area contributed by atoms with E-state index in [-0.39, 0.29) is 29.7 Å². The highest BCUT2D eigenvalue weighted by Gasteiger charge is 2.34. The molecule has 2 N–H and O–H groups in total. The summed E-state index contributed by atoms with van der Waals surface area (Å²) >= 11 is 0. The largest absolute Gasteiger partial charge is 0.507 e. The highest BCUT2D eigenvalue weighted by molar-refractivity contribution is 5.97. The van der Waals surface area contributed by atoms with Gasteiger partial charge in [-0.2, -0.15) is 0 Å². The lowest BCUT2D eigenvalue weighted by molar-refractivity contribution is -0.132. The van der Waals surface area contributed by atoms with Crippen LogP contribution >= 0.6 is 0 Å². The Morgan fingerprint density at radius 1 is 0.957 bits per heavy atom. The van der Waals surface area contributed by atoms with E-state index in [4.69, 9.17) is 14.2 Å². The second-order valence-electron chi connectivity index (χ2n) is 11.6. The summed E-state index contributed by atoms with van der Waals surface area (Å²) in [5.41, 5.74) is 3.99. The third-order valence-electron chi connectivity index (χ3n) is 8.63. The number of hydrogen-bond acceptors (Lipinski definition) is 6. The summed E-state index contributed by atoms with van der Waals surface area (Å²) in [6, 6.07) is 30.3. The van der Waals surface area contributed by atoms with Gasteiger partial charge in [0, 0.05) is 13.1 Å². The Balaban J connectivity index is 1.30. The summed E-state index contributed by atoms with van der Waals surface area (Å²) < 4.78 is 18.2. The number of amides is 2. The van der Waals surface area contributed by atoms with Gasteiger partial charge in [-0.15, -0.1) is 0 Å². The number of aromatic hydroxyl groups is 1. The van der Waals surface area contributed by atoms with E-state index in [0.29, 0.717) is 55.5 Å². The van der Waals surface area contributed by atoms with Crippen molar-refractivity contribution in [3.63, 3.8) is 0 Å². The van der Waals surface area contributed by atoms with Crippen LogP contribution in [0.5, 0.6) is 28.7 Å². The van der Waals surface area contributed by atoms with Gasteiger partial charge in [0.25, 0.3) is 5.91 Å². The van der Waals surface area contributed by atoms with Crippen LogP contribution in [0.1, 0.15) is 45.1 Å². The lowest BCUT2D eigenvalue weighted by Gasteiger charge is -2.38. The second kappa shape index (κ2) is 12.5. The molecule has 3 aliphatic rings. The third-order valence-corrected chi connectivity index (χ3v) is 8.63. The Morgan fingerprint density at radius 2 is 1.83 bits per heavy atom. The van der Waals surface area contributed by atoms with E-state index in [0.717, 1.165) is 33.0 Å². The first kappa shape index (κ1) is 29.2. The van der Waals surface area contributed by atoms with E-state index in [2.05, 4.69) is 29.6 Å². The van der Waals surface area contributed by atoms with Crippen molar-refractivity contribution in [1.29, 1.82) is 0 Å². The molecule has 0 fully saturated rings. The van der Waals surface area contributed by atoms with Crippen LogP contribution in [0.4, 0.5) is 0 Å². The maximum absolute atomic E-state index is 14.1. The van der Waals surface area contributed by atoms with Crippen LogP contribution in [0.2, 0.25) is 0 Å². The predicted molar refractivity (Wildman–Crippen MR) is 175 cm³/mol. The summed E-state index contributed by atoms with van der Waals surface area (Å²) in [6.45, 7) is 1.26. The molecule has 0 aliphatic carbocycles. The van der Waals surface area contributed by atoms with Gasteiger partial charge < -0.3 is 29.5 Å². The van der Waals surface area contributed by atoms with E-state index in [1.165, 1.54) is 12.1 Å². The van der Waals surface area contributed by atoms with E-state index in [1.807, 2.05) is 59.5 Å². The van der Waals surface area contributed by atoms with Crippen molar-refractivity contribution in [1.82, 2.24) is 10.2 Å². The van der Waals surface area contributed by atoms with Gasteiger partial charge in [-0.3, -0.25) is 9.59 Å². The number of fused-ring (bicyclic) bond motifs is 7. The number of ether oxygens (including phenoxy) is 3. The van der Waals surface area contributed by atoms with Crippen LogP contribution in [0.15, 0.2) is 97.1 Å². The van der Waals surface area contributed by atoms with E-state index in [1.54, 1.807) is 13.2 Å². The molecule has 2 amide bonds. The average Bonchev–Trinajstić information content (AvgIpc) is 3.07. The standard InChI is InChI=1S/C38H34N2O6/c1-44-34-23-31-27-14-16-40(36(42)19-24-10-11-25-6-2-3-7-26(25)18-24)37(31)28-8-4-9-29(20-28)45-17-5-15-39-38(43)32-22-30(12-13-33(32)41)46-35(34)21-27/h2-4,6-13,18,20-23,37,41H,5,14-17,19H2,1H3,(H,39,43). The molecular weight excluding hydrogens is 580 g/mol. The van der Waals surface area contributed by atoms with Crippen LogP contribution in [0, 0.1) is 0 Å². The Labute approximate surface area is 267 Å². The number of carbonyl (C=O) groups excluding carboxylic acids is 2. The monoisotopic (exact) mass is 614 g/mol. The Kier molecular flexibility index (Phi) is 7.93. The van der Waals surface area contributed by atoms with E-state index in [9.17, 15) is 14.7 Å². The fourth-order valence-electron chi connectivity index (χ4n) is 6.34. The molecule has 8 rings (SSSR count). The van der Waals surface area contributed by atoms with Crippen LogP contribution in [0.3, 0.4) is 0 Å². The van der Waals surface area contributed by atoms with Gasteiger partial charge in [-0.25, -0.2) is 0 Å². The molecule has 0 spiro atoms. The zero-order valence-electron chi connectivity index (χ0n) is 25.5. The zero-order chi connectivity index (χ0) is 31.6. The van der Waals surface area contributed by atoms with Crippen molar-refractivity contribution in [2.24, 2.45) is 0 Å². The number of benzene rings is 5. The predicted octanol–water partition coefficient (Wildman–Crippen LogP) is 6.58. The molecule has 5 aromatic rings. The molecule has 0 saturated heterocycles. The fraction of sp³-hybridized carbons (Fsp3) is 0.211. The molecule has 8 heteroatoms. The van der Waals surface area contributed by atoms with Crippen LogP contribution in [-0.4, -0.2) is 48.6 Å². The van der Waals surface area contributed by atoms with Gasteiger partial charge in [0.15, 0.2) is 11.5 Å². The number of nitrogens with one attached hydrogen (secondary N) is 1. The van der Waals surface area contributed by atoms with Crippen molar-refractivity contribution in [3.8, 4) is 28.7 Å². The highest BCUT2D eigenvalue weighted by Crippen LogP contribution is 2.43. The Bertz CT molecular complexity index is 1950. The van der Waals surface area contributed by atoms with Crippen molar-refractivity contribution >= 4 is 22.6 Å². The summed E-state index contributed by atoms with van der Waals surface area (Å²) in [6.07, 6.45) is 1.46. The molecule has 232 valence electrons. The fourth-order valence-corrected chi connectivity index (χ4v) is 6.34. The molecular formula is C38H34N2O6. The van der Waals surface area contributed by atoms with E-state index >= 15 is 0 Å². The molecule has 3 aliphatic heterocycles.